The first-order chi connectivity index (χ1) is 10.7. The van der Waals surface area contributed by atoms with E-state index in [1.807, 2.05) is 36.1 Å². The number of hydrogen-bond donors (Lipinski definition) is 0. The minimum atomic E-state index is -0.00730. The van der Waals surface area contributed by atoms with Crippen LogP contribution in [0.3, 0.4) is 0 Å². The molecule has 5 heteroatoms. The molecule has 0 bridgehead atoms. The number of nitrogens with zero attached hydrogens (tertiary/aromatic N) is 4. The summed E-state index contributed by atoms with van der Waals surface area (Å²) in [5.74, 6) is 0.676. The second-order valence-corrected chi connectivity index (χ2v) is 6.08. The van der Waals surface area contributed by atoms with Gasteiger partial charge in [-0.25, -0.2) is 4.68 Å². The van der Waals surface area contributed by atoms with E-state index in [1.165, 1.54) is 18.4 Å². The van der Waals surface area contributed by atoms with Gasteiger partial charge in [-0.1, -0.05) is 29.8 Å². The zero-order valence-electron chi connectivity index (χ0n) is 13.2. The highest BCUT2D eigenvalue weighted by Crippen LogP contribution is 2.30. The summed E-state index contributed by atoms with van der Waals surface area (Å²) in [6.07, 6.45) is 5.17. The third-order valence-electron chi connectivity index (χ3n) is 3.97. The van der Waals surface area contributed by atoms with Crippen LogP contribution in [0.15, 0.2) is 30.5 Å². The molecule has 22 heavy (non-hydrogen) atoms. The molecule has 0 radical (unpaired) electrons. The number of amides is 1. The van der Waals surface area contributed by atoms with E-state index in [0.29, 0.717) is 11.6 Å². The second-order valence-electron chi connectivity index (χ2n) is 6.08. The summed E-state index contributed by atoms with van der Waals surface area (Å²) in [4.78, 5) is 14.5. The smallest absolute Gasteiger partial charge is 0.276 e. The summed E-state index contributed by atoms with van der Waals surface area (Å²) in [5.41, 5.74) is 2.54. The van der Waals surface area contributed by atoms with Crippen LogP contribution in [-0.2, 0) is 0 Å². The molecule has 0 aliphatic heterocycles. The van der Waals surface area contributed by atoms with Gasteiger partial charge < -0.3 is 4.90 Å². The van der Waals surface area contributed by atoms with Crippen molar-refractivity contribution in [3.8, 4) is 5.69 Å². The number of aryl methyl sites for hydroxylation is 1. The fraction of sp³-hybridized carbons (Fsp3) is 0.471. The molecular formula is C17H22N4O. The third kappa shape index (κ3) is 3.35. The molecule has 0 unspecified atom stereocenters. The van der Waals surface area contributed by atoms with E-state index >= 15 is 0 Å². The number of hydrogen-bond acceptors (Lipinski definition) is 3. The molecular weight excluding hydrogens is 276 g/mol. The van der Waals surface area contributed by atoms with Crippen molar-refractivity contribution in [3.05, 3.63) is 41.7 Å². The molecule has 0 spiro atoms. The first kappa shape index (κ1) is 14.8. The number of aromatic nitrogens is 3. The molecule has 1 heterocycles. The van der Waals surface area contributed by atoms with E-state index in [1.54, 1.807) is 10.9 Å². The topological polar surface area (TPSA) is 51.0 Å². The summed E-state index contributed by atoms with van der Waals surface area (Å²) < 4.78 is 1.66. The van der Waals surface area contributed by atoms with Crippen molar-refractivity contribution in [1.29, 1.82) is 0 Å². The Morgan fingerprint density at radius 3 is 2.68 bits per heavy atom. The van der Waals surface area contributed by atoms with Crippen LogP contribution in [0.1, 0.15) is 42.2 Å². The molecule has 1 saturated carbocycles. The van der Waals surface area contributed by atoms with Crippen molar-refractivity contribution in [1.82, 2.24) is 19.9 Å². The quantitative estimate of drug-likeness (QED) is 0.824. The van der Waals surface area contributed by atoms with Gasteiger partial charge in [0.15, 0.2) is 5.69 Å². The van der Waals surface area contributed by atoms with Crippen LogP contribution in [-0.4, -0.2) is 38.9 Å². The van der Waals surface area contributed by atoms with Gasteiger partial charge in [0.1, 0.15) is 0 Å². The average Bonchev–Trinajstić information content (AvgIpc) is 3.20. The molecule has 2 aromatic rings. The summed E-state index contributed by atoms with van der Waals surface area (Å²) in [6.45, 7) is 5.77. The molecule has 3 rings (SSSR count). The normalized spacial score (nSPS) is 14.1. The standard InChI is InChI=1S/C17H22N4O/c1-3-10-20(11-14-6-7-14)17(22)16-12-21(19-18-16)15-8-4-13(2)5-9-15/h4-5,8-9,12,14H,3,6-7,10-11H2,1-2H3. The van der Waals surface area contributed by atoms with Crippen molar-refractivity contribution < 1.29 is 4.79 Å². The second kappa shape index (κ2) is 6.30. The summed E-state index contributed by atoms with van der Waals surface area (Å²) in [6, 6.07) is 8.00. The Morgan fingerprint density at radius 2 is 2.05 bits per heavy atom. The Morgan fingerprint density at radius 1 is 1.32 bits per heavy atom. The van der Waals surface area contributed by atoms with Gasteiger partial charge in [0.2, 0.25) is 0 Å². The molecule has 0 atom stereocenters. The molecule has 1 fully saturated rings. The van der Waals surface area contributed by atoms with E-state index in [4.69, 9.17) is 0 Å². The van der Waals surface area contributed by atoms with Gasteiger partial charge >= 0.3 is 0 Å². The Balaban J connectivity index is 1.76. The van der Waals surface area contributed by atoms with Gasteiger partial charge in [-0.2, -0.15) is 0 Å². The van der Waals surface area contributed by atoms with Gasteiger partial charge in [-0.3, -0.25) is 4.79 Å². The number of carbonyl (C=O) groups excluding carboxylic acids is 1. The van der Waals surface area contributed by atoms with Crippen molar-refractivity contribution >= 4 is 5.91 Å². The number of rotatable bonds is 6. The van der Waals surface area contributed by atoms with Gasteiger partial charge in [0.25, 0.3) is 5.91 Å². The predicted molar refractivity (Wildman–Crippen MR) is 85.0 cm³/mol. The van der Waals surface area contributed by atoms with Crippen LogP contribution in [0.4, 0.5) is 0 Å². The van der Waals surface area contributed by atoms with Gasteiger partial charge in [-0.15, -0.1) is 5.10 Å². The molecule has 1 amide bonds. The van der Waals surface area contributed by atoms with Crippen LogP contribution in [0.2, 0.25) is 0 Å². The molecule has 0 N–H and O–H groups in total. The summed E-state index contributed by atoms with van der Waals surface area (Å²) >= 11 is 0. The van der Waals surface area contributed by atoms with E-state index < -0.39 is 0 Å². The first-order valence-electron chi connectivity index (χ1n) is 7.96. The zero-order chi connectivity index (χ0) is 15.5. The van der Waals surface area contributed by atoms with Crippen LogP contribution < -0.4 is 0 Å². The minimum absolute atomic E-state index is 0.00730. The van der Waals surface area contributed by atoms with Crippen molar-refractivity contribution in [2.75, 3.05) is 13.1 Å². The molecule has 116 valence electrons. The summed E-state index contributed by atoms with van der Waals surface area (Å²) in [7, 11) is 0. The van der Waals surface area contributed by atoms with Crippen LogP contribution in [0.5, 0.6) is 0 Å². The lowest BCUT2D eigenvalue weighted by atomic mass is 10.2. The SMILES string of the molecule is CCCN(CC1CC1)C(=O)c1cn(-c2ccc(C)cc2)nn1. The lowest BCUT2D eigenvalue weighted by Crippen LogP contribution is -2.33. The maximum absolute atomic E-state index is 12.6. The minimum Gasteiger partial charge on any atom is -0.337 e. The fourth-order valence-corrected chi connectivity index (χ4v) is 2.51. The maximum Gasteiger partial charge on any atom is 0.276 e. The monoisotopic (exact) mass is 298 g/mol. The maximum atomic E-state index is 12.6. The highest BCUT2D eigenvalue weighted by atomic mass is 16.2. The van der Waals surface area contributed by atoms with Crippen molar-refractivity contribution in [2.24, 2.45) is 5.92 Å². The Kier molecular flexibility index (Phi) is 4.22. The molecule has 1 aromatic carbocycles. The average molecular weight is 298 g/mol. The van der Waals surface area contributed by atoms with Gasteiger partial charge in [0.05, 0.1) is 11.9 Å². The number of carbonyl (C=O) groups is 1. The Labute approximate surface area is 130 Å². The highest BCUT2D eigenvalue weighted by Gasteiger charge is 2.28. The lowest BCUT2D eigenvalue weighted by molar-refractivity contribution is 0.0741. The fourth-order valence-electron chi connectivity index (χ4n) is 2.51. The van der Waals surface area contributed by atoms with E-state index in [9.17, 15) is 4.79 Å². The van der Waals surface area contributed by atoms with Gasteiger partial charge in [0, 0.05) is 13.1 Å². The van der Waals surface area contributed by atoms with Crippen LogP contribution in [0.25, 0.3) is 5.69 Å². The zero-order valence-corrected chi connectivity index (χ0v) is 13.2. The lowest BCUT2D eigenvalue weighted by Gasteiger charge is -2.20. The molecule has 5 nitrogen and oxygen atoms in total. The Hall–Kier alpha value is -2.17. The van der Waals surface area contributed by atoms with E-state index in [0.717, 1.165) is 25.2 Å². The van der Waals surface area contributed by atoms with Crippen molar-refractivity contribution in [2.45, 2.75) is 33.1 Å². The molecule has 1 aliphatic rings. The van der Waals surface area contributed by atoms with Crippen molar-refractivity contribution in [3.63, 3.8) is 0 Å². The van der Waals surface area contributed by atoms with Crippen LogP contribution in [0, 0.1) is 12.8 Å². The van der Waals surface area contributed by atoms with E-state index in [2.05, 4.69) is 17.2 Å². The Bertz CT molecular complexity index is 643. The van der Waals surface area contributed by atoms with Gasteiger partial charge in [-0.05, 0) is 44.2 Å². The predicted octanol–water partition coefficient (Wildman–Crippen LogP) is 2.84. The first-order valence-corrected chi connectivity index (χ1v) is 7.96. The van der Waals surface area contributed by atoms with E-state index in [-0.39, 0.29) is 5.91 Å². The molecule has 1 aliphatic carbocycles. The summed E-state index contributed by atoms with van der Waals surface area (Å²) in [5, 5.41) is 8.16. The third-order valence-corrected chi connectivity index (χ3v) is 3.97. The molecule has 1 aromatic heterocycles. The van der Waals surface area contributed by atoms with Crippen LogP contribution >= 0.6 is 0 Å². The number of benzene rings is 1. The largest absolute Gasteiger partial charge is 0.337 e. The molecule has 0 saturated heterocycles. The highest BCUT2D eigenvalue weighted by molar-refractivity contribution is 5.92.